The summed E-state index contributed by atoms with van der Waals surface area (Å²) in [5.41, 5.74) is 5.66. The molecule has 0 saturated heterocycles. The molecule has 6 nitrogen and oxygen atoms in total. The third kappa shape index (κ3) is 6.95. The summed E-state index contributed by atoms with van der Waals surface area (Å²) in [6.45, 7) is 2.87. The first-order valence-electron chi connectivity index (χ1n) is 9.61. The van der Waals surface area contributed by atoms with Gasteiger partial charge in [-0.1, -0.05) is 32.6 Å². The molecule has 0 bridgehead atoms. The maximum atomic E-state index is 12.2. The Labute approximate surface area is 166 Å². The molecule has 2 amide bonds. The Kier molecular flexibility index (Phi) is 8.85. The third-order valence-electron chi connectivity index (χ3n) is 4.27. The lowest BCUT2D eigenvalue weighted by Crippen LogP contribution is -2.41. The van der Waals surface area contributed by atoms with Gasteiger partial charge < -0.3 is 9.47 Å². The van der Waals surface area contributed by atoms with Gasteiger partial charge in [0.05, 0.1) is 13.7 Å². The van der Waals surface area contributed by atoms with Crippen molar-refractivity contribution >= 4 is 11.8 Å². The van der Waals surface area contributed by atoms with Gasteiger partial charge in [0.2, 0.25) is 0 Å². The first-order valence-corrected chi connectivity index (χ1v) is 9.61. The Morgan fingerprint density at radius 3 is 1.75 bits per heavy atom. The molecule has 2 aromatic rings. The molecule has 2 aromatic carbocycles. The summed E-state index contributed by atoms with van der Waals surface area (Å²) in [6.07, 6.45) is 5.92. The lowest BCUT2D eigenvalue weighted by molar-refractivity contribution is 0.0846. The fraction of sp³-hybridized carbons (Fsp3) is 0.364. The van der Waals surface area contributed by atoms with Gasteiger partial charge in [0, 0.05) is 11.1 Å². The molecule has 0 aliphatic carbocycles. The van der Waals surface area contributed by atoms with E-state index in [1.54, 1.807) is 55.6 Å². The van der Waals surface area contributed by atoms with Crippen LogP contribution in [-0.2, 0) is 0 Å². The zero-order valence-electron chi connectivity index (χ0n) is 16.5. The molecule has 0 saturated carbocycles. The highest BCUT2D eigenvalue weighted by Gasteiger charge is 2.09. The second-order valence-electron chi connectivity index (χ2n) is 6.42. The Morgan fingerprint density at radius 1 is 0.750 bits per heavy atom. The van der Waals surface area contributed by atoms with Crippen molar-refractivity contribution in [3.8, 4) is 11.5 Å². The number of hydrogen-bond donors (Lipinski definition) is 2. The van der Waals surface area contributed by atoms with E-state index in [0.717, 1.165) is 12.2 Å². The number of hydrazine groups is 1. The molecule has 0 radical (unpaired) electrons. The van der Waals surface area contributed by atoms with Crippen molar-refractivity contribution in [2.24, 2.45) is 0 Å². The van der Waals surface area contributed by atoms with Gasteiger partial charge in [-0.25, -0.2) is 0 Å². The van der Waals surface area contributed by atoms with Crippen molar-refractivity contribution < 1.29 is 19.1 Å². The lowest BCUT2D eigenvalue weighted by Gasteiger charge is -2.09. The molecule has 0 unspecified atom stereocenters. The minimum atomic E-state index is -0.404. The standard InChI is InChI=1S/C22H28N2O4/c1-3-4-5-6-7-16-28-20-14-10-18(11-15-20)22(26)24-23-21(25)17-8-12-19(27-2)13-9-17/h8-15H,3-7,16H2,1-2H3,(H,23,25)(H,24,26). The van der Waals surface area contributed by atoms with Crippen LogP contribution in [0.1, 0.15) is 59.7 Å². The highest BCUT2D eigenvalue weighted by molar-refractivity contribution is 5.99. The first kappa shape index (κ1) is 21.3. The Balaban J connectivity index is 1.75. The van der Waals surface area contributed by atoms with Crippen molar-refractivity contribution in [1.29, 1.82) is 0 Å². The molecule has 0 heterocycles. The fourth-order valence-electron chi connectivity index (χ4n) is 2.60. The van der Waals surface area contributed by atoms with E-state index in [1.807, 2.05) is 0 Å². The van der Waals surface area contributed by atoms with E-state index in [1.165, 1.54) is 25.7 Å². The van der Waals surface area contributed by atoms with E-state index >= 15 is 0 Å². The van der Waals surface area contributed by atoms with E-state index in [2.05, 4.69) is 17.8 Å². The largest absolute Gasteiger partial charge is 0.497 e. The minimum Gasteiger partial charge on any atom is -0.497 e. The van der Waals surface area contributed by atoms with Crippen molar-refractivity contribution in [2.75, 3.05) is 13.7 Å². The summed E-state index contributed by atoms with van der Waals surface area (Å²) in [5.74, 6) is 0.588. The van der Waals surface area contributed by atoms with E-state index in [-0.39, 0.29) is 0 Å². The zero-order valence-corrected chi connectivity index (χ0v) is 16.5. The number of unbranched alkanes of at least 4 members (excludes halogenated alkanes) is 4. The van der Waals surface area contributed by atoms with Crippen LogP contribution in [0.5, 0.6) is 11.5 Å². The van der Waals surface area contributed by atoms with Crippen LogP contribution in [-0.4, -0.2) is 25.5 Å². The summed E-state index contributed by atoms with van der Waals surface area (Å²) >= 11 is 0. The van der Waals surface area contributed by atoms with Crippen molar-refractivity contribution in [3.63, 3.8) is 0 Å². The Hall–Kier alpha value is -3.02. The molecular weight excluding hydrogens is 356 g/mol. The van der Waals surface area contributed by atoms with Gasteiger partial charge in [-0.3, -0.25) is 20.4 Å². The molecule has 28 heavy (non-hydrogen) atoms. The first-order chi connectivity index (χ1) is 13.6. The predicted octanol–water partition coefficient (Wildman–Crippen LogP) is 4.12. The monoisotopic (exact) mass is 384 g/mol. The van der Waals surface area contributed by atoms with Gasteiger partial charge in [0.25, 0.3) is 11.8 Å². The van der Waals surface area contributed by atoms with Gasteiger partial charge in [-0.05, 0) is 55.0 Å². The molecule has 2 N–H and O–H groups in total. The van der Waals surface area contributed by atoms with Gasteiger partial charge in [0.15, 0.2) is 0 Å². The maximum Gasteiger partial charge on any atom is 0.269 e. The van der Waals surface area contributed by atoms with Crippen LogP contribution in [0.25, 0.3) is 0 Å². The summed E-state index contributed by atoms with van der Waals surface area (Å²) < 4.78 is 10.7. The van der Waals surface area contributed by atoms with E-state index in [0.29, 0.717) is 23.5 Å². The molecule has 0 spiro atoms. The van der Waals surface area contributed by atoms with Crippen molar-refractivity contribution in [3.05, 3.63) is 59.7 Å². The SMILES string of the molecule is CCCCCCCOc1ccc(C(=O)NNC(=O)c2ccc(OC)cc2)cc1. The number of benzene rings is 2. The van der Waals surface area contributed by atoms with Crippen LogP contribution in [0, 0.1) is 0 Å². The van der Waals surface area contributed by atoms with Crippen LogP contribution < -0.4 is 20.3 Å². The number of amides is 2. The Morgan fingerprint density at radius 2 is 1.25 bits per heavy atom. The van der Waals surface area contributed by atoms with Crippen molar-refractivity contribution in [1.82, 2.24) is 10.9 Å². The molecule has 0 aromatic heterocycles. The summed E-state index contributed by atoms with van der Waals surface area (Å²) in [5, 5.41) is 0. The highest BCUT2D eigenvalue weighted by atomic mass is 16.5. The average Bonchev–Trinajstić information content (AvgIpc) is 2.74. The molecule has 0 fully saturated rings. The van der Waals surface area contributed by atoms with Crippen LogP contribution in [0.15, 0.2) is 48.5 Å². The third-order valence-corrected chi connectivity index (χ3v) is 4.27. The van der Waals surface area contributed by atoms with Crippen LogP contribution >= 0.6 is 0 Å². The van der Waals surface area contributed by atoms with Gasteiger partial charge in [-0.15, -0.1) is 0 Å². The number of carbonyl (C=O) groups excluding carboxylic acids is 2. The molecule has 6 heteroatoms. The lowest BCUT2D eigenvalue weighted by atomic mass is 10.2. The smallest absolute Gasteiger partial charge is 0.269 e. The van der Waals surface area contributed by atoms with Crippen LogP contribution in [0.3, 0.4) is 0 Å². The second-order valence-corrected chi connectivity index (χ2v) is 6.42. The summed E-state index contributed by atoms with van der Waals surface area (Å²) in [7, 11) is 1.55. The maximum absolute atomic E-state index is 12.2. The van der Waals surface area contributed by atoms with Crippen molar-refractivity contribution in [2.45, 2.75) is 39.0 Å². The Bertz CT molecular complexity index is 742. The van der Waals surface area contributed by atoms with E-state index in [4.69, 9.17) is 9.47 Å². The summed E-state index contributed by atoms with van der Waals surface area (Å²) in [4.78, 5) is 24.2. The van der Waals surface area contributed by atoms with E-state index in [9.17, 15) is 9.59 Å². The van der Waals surface area contributed by atoms with E-state index < -0.39 is 11.8 Å². The quantitative estimate of drug-likeness (QED) is 0.477. The predicted molar refractivity (Wildman–Crippen MR) is 109 cm³/mol. The molecule has 2 rings (SSSR count). The van der Waals surface area contributed by atoms with Gasteiger partial charge in [0.1, 0.15) is 11.5 Å². The number of nitrogens with one attached hydrogen (secondary N) is 2. The number of methoxy groups -OCH3 is 1. The van der Waals surface area contributed by atoms with Gasteiger partial charge in [-0.2, -0.15) is 0 Å². The average molecular weight is 384 g/mol. The topological polar surface area (TPSA) is 76.7 Å². The number of hydrogen-bond acceptors (Lipinski definition) is 4. The molecule has 0 atom stereocenters. The highest BCUT2D eigenvalue weighted by Crippen LogP contribution is 2.14. The summed E-state index contributed by atoms with van der Waals surface area (Å²) in [6, 6.07) is 13.4. The fourth-order valence-corrected chi connectivity index (χ4v) is 2.60. The molecule has 150 valence electrons. The molecule has 0 aliphatic heterocycles. The molecule has 0 aliphatic rings. The second kappa shape index (κ2) is 11.6. The van der Waals surface area contributed by atoms with Crippen LogP contribution in [0.2, 0.25) is 0 Å². The number of ether oxygens (including phenoxy) is 2. The zero-order chi connectivity index (χ0) is 20.2. The minimum absolute atomic E-state index is 0.395. The number of rotatable bonds is 10. The molecular formula is C22H28N2O4. The van der Waals surface area contributed by atoms with Gasteiger partial charge >= 0.3 is 0 Å². The normalized spacial score (nSPS) is 10.2. The number of carbonyl (C=O) groups is 2. The van der Waals surface area contributed by atoms with Crippen LogP contribution in [0.4, 0.5) is 0 Å².